The Morgan fingerprint density at radius 2 is 1.69 bits per heavy atom. The van der Waals surface area contributed by atoms with E-state index in [4.69, 9.17) is 0 Å². The fourth-order valence-corrected chi connectivity index (χ4v) is 4.82. The van der Waals surface area contributed by atoms with Crippen LogP contribution in [0.15, 0.2) is 48.5 Å². The molecule has 0 aliphatic heterocycles. The Hall–Kier alpha value is -2.34. The Balaban J connectivity index is 1.75. The van der Waals surface area contributed by atoms with Crippen molar-refractivity contribution in [3.63, 3.8) is 0 Å². The largest absolute Gasteiger partial charge is 0.339 e. The lowest BCUT2D eigenvalue weighted by molar-refractivity contribution is 0.0696. The van der Waals surface area contributed by atoms with Gasteiger partial charge in [0.05, 0.1) is 18.5 Å². The highest BCUT2D eigenvalue weighted by molar-refractivity contribution is 7.92. The number of amides is 1. The van der Waals surface area contributed by atoms with E-state index in [1.54, 1.807) is 18.2 Å². The second kappa shape index (κ2) is 8.99. The van der Waals surface area contributed by atoms with Gasteiger partial charge in [0.25, 0.3) is 5.91 Å². The van der Waals surface area contributed by atoms with Gasteiger partial charge in [-0.25, -0.2) is 8.42 Å². The van der Waals surface area contributed by atoms with Gasteiger partial charge in [-0.3, -0.25) is 9.10 Å². The van der Waals surface area contributed by atoms with E-state index in [9.17, 15) is 13.2 Å². The van der Waals surface area contributed by atoms with Crippen molar-refractivity contribution in [2.75, 3.05) is 17.6 Å². The highest BCUT2D eigenvalue weighted by atomic mass is 32.2. The number of carbonyl (C=O) groups excluding carboxylic acids is 1. The molecule has 156 valence electrons. The number of nitrogens with zero attached hydrogens (tertiary/aromatic N) is 2. The third kappa shape index (κ3) is 5.38. The molecule has 0 atom stereocenters. The van der Waals surface area contributed by atoms with Crippen molar-refractivity contribution in [1.82, 2.24) is 4.90 Å². The van der Waals surface area contributed by atoms with Crippen LogP contribution in [0.25, 0.3) is 0 Å². The predicted octanol–water partition coefficient (Wildman–Crippen LogP) is 4.37. The molecule has 1 aliphatic carbocycles. The lowest BCUT2D eigenvalue weighted by Gasteiger charge is -2.31. The molecular formula is C23H30N2O3S. The molecule has 0 unspecified atom stereocenters. The van der Waals surface area contributed by atoms with E-state index < -0.39 is 10.0 Å². The van der Waals surface area contributed by atoms with E-state index in [0.717, 1.165) is 24.0 Å². The van der Waals surface area contributed by atoms with Gasteiger partial charge in [-0.2, -0.15) is 0 Å². The second-order valence-electron chi connectivity index (χ2n) is 8.01. The first-order valence-electron chi connectivity index (χ1n) is 10.2. The third-order valence-electron chi connectivity index (χ3n) is 5.66. The molecule has 0 spiro atoms. The van der Waals surface area contributed by atoms with Crippen molar-refractivity contribution in [2.24, 2.45) is 0 Å². The predicted molar refractivity (Wildman–Crippen MR) is 118 cm³/mol. The maximum absolute atomic E-state index is 12.8. The molecule has 0 bridgehead atoms. The molecule has 0 saturated heterocycles. The first-order chi connectivity index (χ1) is 13.8. The van der Waals surface area contributed by atoms with Gasteiger partial charge in [0.2, 0.25) is 10.0 Å². The summed E-state index contributed by atoms with van der Waals surface area (Å²) in [5.41, 5.74) is 3.13. The quantitative estimate of drug-likeness (QED) is 0.705. The molecule has 1 amide bonds. The monoisotopic (exact) mass is 414 g/mol. The van der Waals surface area contributed by atoms with E-state index in [1.165, 1.54) is 29.8 Å². The van der Waals surface area contributed by atoms with Crippen LogP contribution in [0.3, 0.4) is 0 Å². The molecule has 0 radical (unpaired) electrons. The molecule has 2 aromatic carbocycles. The van der Waals surface area contributed by atoms with Crippen molar-refractivity contribution in [3.05, 3.63) is 65.2 Å². The number of rotatable bonds is 6. The maximum atomic E-state index is 12.8. The minimum Gasteiger partial charge on any atom is -0.339 e. The van der Waals surface area contributed by atoms with Gasteiger partial charge in [0.15, 0.2) is 0 Å². The van der Waals surface area contributed by atoms with Crippen molar-refractivity contribution < 1.29 is 13.2 Å². The number of benzene rings is 2. The molecule has 3 rings (SSSR count). The smallest absolute Gasteiger partial charge is 0.253 e. The normalized spacial score (nSPS) is 15.1. The van der Waals surface area contributed by atoms with E-state index in [2.05, 4.69) is 0 Å². The molecule has 1 fully saturated rings. The lowest BCUT2D eigenvalue weighted by Crippen LogP contribution is -2.38. The highest BCUT2D eigenvalue weighted by Crippen LogP contribution is 2.24. The van der Waals surface area contributed by atoms with Crippen LogP contribution in [-0.2, 0) is 16.6 Å². The van der Waals surface area contributed by atoms with E-state index in [0.29, 0.717) is 17.3 Å². The Morgan fingerprint density at radius 3 is 2.28 bits per heavy atom. The molecule has 0 N–H and O–H groups in total. The lowest BCUT2D eigenvalue weighted by atomic mass is 9.94. The number of sulfonamides is 1. The van der Waals surface area contributed by atoms with Crippen LogP contribution in [-0.4, -0.2) is 38.6 Å². The van der Waals surface area contributed by atoms with Gasteiger partial charge in [-0.05, 0) is 55.2 Å². The summed E-state index contributed by atoms with van der Waals surface area (Å²) < 4.78 is 26.1. The minimum absolute atomic E-state index is 0.0297. The van der Waals surface area contributed by atoms with Crippen LogP contribution in [0.5, 0.6) is 0 Å². The van der Waals surface area contributed by atoms with Gasteiger partial charge in [0.1, 0.15) is 0 Å². The highest BCUT2D eigenvalue weighted by Gasteiger charge is 2.23. The third-order valence-corrected chi connectivity index (χ3v) is 6.80. The Morgan fingerprint density at radius 1 is 1.03 bits per heavy atom. The van der Waals surface area contributed by atoms with Crippen molar-refractivity contribution >= 4 is 21.6 Å². The van der Waals surface area contributed by atoms with Crippen molar-refractivity contribution in [2.45, 2.75) is 51.6 Å². The number of aryl methyl sites for hydroxylation is 1. The standard InChI is InChI=1S/C23H30N2O3S/c1-18-8-7-11-22(16-18)25(29(3,27)28)17-19-12-14-20(15-13-19)23(26)24(2)21-9-5-4-6-10-21/h7-8,11-16,21H,4-6,9-10,17H2,1-3H3. The summed E-state index contributed by atoms with van der Waals surface area (Å²) in [5.74, 6) is 0.0297. The van der Waals surface area contributed by atoms with Crippen LogP contribution in [0.4, 0.5) is 5.69 Å². The summed E-state index contributed by atoms with van der Waals surface area (Å²) in [5, 5.41) is 0. The number of carbonyl (C=O) groups is 1. The van der Waals surface area contributed by atoms with Gasteiger partial charge < -0.3 is 4.90 Å². The van der Waals surface area contributed by atoms with Crippen LogP contribution in [0, 0.1) is 6.92 Å². The van der Waals surface area contributed by atoms with Gasteiger partial charge in [-0.15, -0.1) is 0 Å². The first-order valence-corrected chi connectivity index (χ1v) is 12.0. The zero-order chi connectivity index (χ0) is 21.0. The molecule has 0 heterocycles. The molecule has 6 heteroatoms. The first kappa shape index (κ1) is 21.4. The molecule has 5 nitrogen and oxygen atoms in total. The van der Waals surface area contributed by atoms with E-state index >= 15 is 0 Å². The van der Waals surface area contributed by atoms with Gasteiger partial charge >= 0.3 is 0 Å². The molecule has 2 aromatic rings. The van der Waals surface area contributed by atoms with Crippen LogP contribution in [0.2, 0.25) is 0 Å². The van der Waals surface area contributed by atoms with Crippen LogP contribution < -0.4 is 4.31 Å². The molecule has 1 aliphatic rings. The minimum atomic E-state index is -3.43. The van der Waals surface area contributed by atoms with Crippen molar-refractivity contribution in [3.8, 4) is 0 Å². The van der Waals surface area contributed by atoms with E-state index in [1.807, 2.05) is 49.2 Å². The molecule has 0 aromatic heterocycles. The average Bonchev–Trinajstić information content (AvgIpc) is 2.71. The summed E-state index contributed by atoms with van der Waals surface area (Å²) in [7, 11) is -1.54. The summed E-state index contributed by atoms with van der Waals surface area (Å²) in [6, 6.07) is 15.0. The zero-order valence-electron chi connectivity index (χ0n) is 17.5. The fourth-order valence-electron chi connectivity index (χ4n) is 3.94. The van der Waals surface area contributed by atoms with E-state index in [-0.39, 0.29) is 12.5 Å². The van der Waals surface area contributed by atoms with Crippen LogP contribution >= 0.6 is 0 Å². The average molecular weight is 415 g/mol. The van der Waals surface area contributed by atoms with Crippen LogP contribution in [0.1, 0.15) is 53.6 Å². The summed E-state index contributed by atoms with van der Waals surface area (Å²) in [6.07, 6.45) is 6.97. The summed E-state index contributed by atoms with van der Waals surface area (Å²) in [6.45, 7) is 2.17. The Kier molecular flexibility index (Phi) is 6.63. The number of hydrogen-bond acceptors (Lipinski definition) is 3. The topological polar surface area (TPSA) is 57.7 Å². The maximum Gasteiger partial charge on any atom is 0.253 e. The Bertz CT molecular complexity index is 948. The van der Waals surface area contributed by atoms with Gasteiger partial charge in [-0.1, -0.05) is 43.5 Å². The Labute approximate surface area is 174 Å². The molecular weight excluding hydrogens is 384 g/mol. The molecule has 1 saturated carbocycles. The summed E-state index contributed by atoms with van der Waals surface area (Å²) in [4.78, 5) is 14.7. The second-order valence-corrected chi connectivity index (χ2v) is 9.92. The van der Waals surface area contributed by atoms with Crippen molar-refractivity contribution in [1.29, 1.82) is 0 Å². The van der Waals surface area contributed by atoms with Gasteiger partial charge in [0, 0.05) is 18.7 Å². The SMILES string of the molecule is Cc1cccc(N(Cc2ccc(C(=O)N(C)C3CCCCC3)cc2)S(C)(=O)=O)c1. The summed E-state index contributed by atoms with van der Waals surface area (Å²) >= 11 is 0. The zero-order valence-corrected chi connectivity index (χ0v) is 18.3. The number of anilines is 1. The number of hydrogen-bond donors (Lipinski definition) is 0. The molecule has 29 heavy (non-hydrogen) atoms. The fraction of sp³-hybridized carbons (Fsp3) is 0.435.